The summed E-state index contributed by atoms with van der Waals surface area (Å²) in [7, 11) is 0. The minimum absolute atomic E-state index is 0.0637. The lowest BCUT2D eigenvalue weighted by molar-refractivity contribution is -0.255. The minimum Gasteiger partial charge on any atom is -0.545 e. The van der Waals surface area contributed by atoms with Crippen LogP contribution in [0.3, 0.4) is 0 Å². The molecule has 0 atom stereocenters. The monoisotopic (exact) mass is 291 g/mol. The number of nitrogens with one attached hydrogen (secondary N) is 1. The number of nitrogens with zero attached hydrogens (tertiary/aromatic N) is 1. The molecule has 1 heterocycles. The van der Waals surface area contributed by atoms with Gasteiger partial charge in [0.1, 0.15) is 0 Å². The summed E-state index contributed by atoms with van der Waals surface area (Å²) in [5, 5.41) is 14.6. The Morgan fingerprint density at radius 3 is 2.50 bits per heavy atom. The maximum Gasteiger partial charge on any atom is 0.256 e. The number of carbonyl (C=O) groups is 2. The van der Waals surface area contributed by atoms with E-state index in [1.54, 1.807) is 42.6 Å². The first kappa shape index (κ1) is 13.8. The van der Waals surface area contributed by atoms with Gasteiger partial charge in [-0.15, -0.1) is 0 Å². The minimum atomic E-state index is -1.38. The number of amides is 1. The fourth-order valence-corrected chi connectivity index (χ4v) is 2.21. The molecule has 0 radical (unpaired) electrons. The summed E-state index contributed by atoms with van der Waals surface area (Å²) in [4.78, 5) is 27.5. The highest BCUT2D eigenvalue weighted by Crippen LogP contribution is 2.18. The van der Waals surface area contributed by atoms with Crippen LogP contribution in [0, 0.1) is 0 Å². The van der Waals surface area contributed by atoms with Crippen LogP contribution in [0.1, 0.15) is 20.7 Å². The molecule has 1 amide bonds. The van der Waals surface area contributed by atoms with Crippen molar-refractivity contribution in [3.63, 3.8) is 0 Å². The SMILES string of the molecule is O=C([O-])c1ccccc1C(=O)Nc1ccc2ncccc2c1. The molecule has 3 rings (SSSR count). The van der Waals surface area contributed by atoms with E-state index in [4.69, 9.17) is 0 Å². The van der Waals surface area contributed by atoms with Gasteiger partial charge in [0.15, 0.2) is 0 Å². The quantitative estimate of drug-likeness (QED) is 0.798. The summed E-state index contributed by atoms with van der Waals surface area (Å²) < 4.78 is 0. The second-order valence-electron chi connectivity index (χ2n) is 4.70. The zero-order chi connectivity index (χ0) is 15.5. The van der Waals surface area contributed by atoms with Crippen molar-refractivity contribution in [2.24, 2.45) is 0 Å². The molecule has 0 aliphatic rings. The molecule has 1 N–H and O–H groups in total. The van der Waals surface area contributed by atoms with E-state index in [-0.39, 0.29) is 11.1 Å². The third-order valence-corrected chi connectivity index (χ3v) is 3.25. The van der Waals surface area contributed by atoms with Crippen LogP contribution >= 0.6 is 0 Å². The van der Waals surface area contributed by atoms with Crippen LogP contribution in [-0.2, 0) is 0 Å². The van der Waals surface area contributed by atoms with Gasteiger partial charge in [-0.1, -0.05) is 24.3 Å². The molecule has 1 aromatic heterocycles. The number of fused-ring (bicyclic) bond motifs is 1. The molecule has 5 nitrogen and oxygen atoms in total. The molecule has 5 heteroatoms. The largest absolute Gasteiger partial charge is 0.545 e. The second-order valence-corrected chi connectivity index (χ2v) is 4.70. The normalized spacial score (nSPS) is 10.4. The third kappa shape index (κ3) is 2.64. The van der Waals surface area contributed by atoms with Gasteiger partial charge < -0.3 is 15.2 Å². The Morgan fingerprint density at radius 2 is 1.73 bits per heavy atom. The molecule has 22 heavy (non-hydrogen) atoms. The van der Waals surface area contributed by atoms with Gasteiger partial charge in [0.25, 0.3) is 5.91 Å². The number of aromatic nitrogens is 1. The number of anilines is 1. The lowest BCUT2D eigenvalue weighted by Gasteiger charge is -2.11. The molecule has 2 aromatic carbocycles. The lowest BCUT2D eigenvalue weighted by atomic mass is 10.1. The molecule has 0 saturated heterocycles. The van der Waals surface area contributed by atoms with Crippen molar-refractivity contribution < 1.29 is 14.7 Å². The second kappa shape index (κ2) is 5.65. The molecule has 108 valence electrons. The van der Waals surface area contributed by atoms with Gasteiger partial charge in [0.2, 0.25) is 0 Å². The Labute approximate surface area is 126 Å². The van der Waals surface area contributed by atoms with E-state index >= 15 is 0 Å². The molecule has 3 aromatic rings. The summed E-state index contributed by atoms with van der Waals surface area (Å²) in [6.45, 7) is 0. The van der Waals surface area contributed by atoms with E-state index < -0.39 is 11.9 Å². The van der Waals surface area contributed by atoms with Crippen LogP contribution in [0.2, 0.25) is 0 Å². The zero-order valence-corrected chi connectivity index (χ0v) is 11.4. The Morgan fingerprint density at radius 1 is 0.955 bits per heavy atom. The van der Waals surface area contributed by atoms with Gasteiger partial charge in [-0.25, -0.2) is 0 Å². The Balaban J connectivity index is 1.91. The van der Waals surface area contributed by atoms with Crippen LogP contribution in [-0.4, -0.2) is 16.9 Å². The summed E-state index contributed by atoms with van der Waals surface area (Å²) >= 11 is 0. The predicted octanol–water partition coefficient (Wildman–Crippen LogP) is 1.85. The number of rotatable bonds is 3. The van der Waals surface area contributed by atoms with E-state index in [0.29, 0.717) is 5.69 Å². The number of hydrogen-bond acceptors (Lipinski definition) is 4. The number of pyridine rings is 1. The molecule has 0 bridgehead atoms. The van der Waals surface area contributed by atoms with Gasteiger partial charge >= 0.3 is 0 Å². The Hall–Kier alpha value is -3.21. The molecular formula is C17H11N2O3-. The molecule has 0 aliphatic carbocycles. The number of carboxylic acid groups (broad SMARTS) is 1. The fourth-order valence-electron chi connectivity index (χ4n) is 2.21. The van der Waals surface area contributed by atoms with Crippen molar-refractivity contribution >= 4 is 28.5 Å². The summed E-state index contributed by atoms with van der Waals surface area (Å²) in [6.07, 6.45) is 1.69. The van der Waals surface area contributed by atoms with E-state index in [9.17, 15) is 14.7 Å². The molecule has 0 fully saturated rings. The molecule has 0 saturated carbocycles. The van der Waals surface area contributed by atoms with Crippen molar-refractivity contribution in [2.45, 2.75) is 0 Å². The van der Waals surface area contributed by atoms with E-state index in [1.807, 2.05) is 6.07 Å². The number of benzene rings is 2. The standard InChI is InChI=1S/C17H12N2O3/c20-16(13-5-1-2-6-14(13)17(21)22)19-12-7-8-15-11(10-12)4-3-9-18-15/h1-10H,(H,19,20)(H,21,22)/p-1. The number of carboxylic acids is 1. The fraction of sp³-hybridized carbons (Fsp3) is 0. The smallest absolute Gasteiger partial charge is 0.256 e. The van der Waals surface area contributed by atoms with Gasteiger partial charge in [-0.2, -0.15) is 0 Å². The van der Waals surface area contributed by atoms with E-state index in [2.05, 4.69) is 10.3 Å². The maximum atomic E-state index is 12.3. The topological polar surface area (TPSA) is 82.1 Å². The highest BCUT2D eigenvalue weighted by Gasteiger charge is 2.12. The average Bonchev–Trinajstić information content (AvgIpc) is 2.54. The van der Waals surface area contributed by atoms with Crippen molar-refractivity contribution in [2.75, 3.05) is 5.32 Å². The molecule has 0 spiro atoms. The van der Waals surface area contributed by atoms with Crippen LogP contribution in [0.15, 0.2) is 60.8 Å². The highest BCUT2D eigenvalue weighted by atomic mass is 16.4. The van der Waals surface area contributed by atoms with Crippen LogP contribution in [0.25, 0.3) is 10.9 Å². The average molecular weight is 291 g/mol. The van der Waals surface area contributed by atoms with Crippen LogP contribution < -0.4 is 10.4 Å². The molecule has 0 aliphatic heterocycles. The summed E-state index contributed by atoms with van der Waals surface area (Å²) in [5.41, 5.74) is 1.31. The first-order chi connectivity index (χ1) is 10.6. The van der Waals surface area contributed by atoms with Crippen molar-refractivity contribution in [1.82, 2.24) is 4.98 Å². The number of carbonyl (C=O) groups excluding carboxylic acids is 2. The van der Waals surface area contributed by atoms with Gasteiger partial charge in [0.05, 0.1) is 11.5 Å². The van der Waals surface area contributed by atoms with Gasteiger partial charge in [-0.05, 0) is 30.3 Å². The van der Waals surface area contributed by atoms with Gasteiger partial charge in [-0.3, -0.25) is 9.78 Å². The van der Waals surface area contributed by atoms with Crippen LogP contribution in [0.4, 0.5) is 5.69 Å². The first-order valence-electron chi connectivity index (χ1n) is 6.61. The predicted molar refractivity (Wildman–Crippen MR) is 80.5 cm³/mol. The zero-order valence-electron chi connectivity index (χ0n) is 11.4. The molecular weight excluding hydrogens is 280 g/mol. The highest BCUT2D eigenvalue weighted by molar-refractivity contribution is 6.10. The van der Waals surface area contributed by atoms with Gasteiger partial charge in [0, 0.05) is 28.4 Å². The number of aromatic carboxylic acids is 1. The van der Waals surface area contributed by atoms with E-state index in [0.717, 1.165) is 10.9 Å². The first-order valence-corrected chi connectivity index (χ1v) is 6.61. The van der Waals surface area contributed by atoms with Crippen molar-refractivity contribution in [3.8, 4) is 0 Å². The summed E-state index contributed by atoms with van der Waals surface area (Å²) in [5.74, 6) is -1.88. The Kier molecular flexibility index (Phi) is 3.53. The van der Waals surface area contributed by atoms with Crippen LogP contribution in [0.5, 0.6) is 0 Å². The lowest BCUT2D eigenvalue weighted by Crippen LogP contribution is -2.26. The van der Waals surface area contributed by atoms with Crippen molar-refractivity contribution in [3.05, 3.63) is 71.9 Å². The maximum absolute atomic E-state index is 12.3. The Bertz CT molecular complexity index is 874. The van der Waals surface area contributed by atoms with E-state index in [1.165, 1.54) is 12.1 Å². The molecule has 0 unspecified atom stereocenters. The third-order valence-electron chi connectivity index (χ3n) is 3.25. The summed E-state index contributed by atoms with van der Waals surface area (Å²) in [6, 6.07) is 14.9. The van der Waals surface area contributed by atoms with Crippen molar-refractivity contribution in [1.29, 1.82) is 0 Å². The number of hydrogen-bond donors (Lipinski definition) is 1.